The number of rotatable bonds is 6. The van der Waals surface area contributed by atoms with E-state index in [9.17, 15) is 9.90 Å². The van der Waals surface area contributed by atoms with Gasteiger partial charge in [-0.1, -0.05) is 24.3 Å². The molecule has 2 aliphatic heterocycles. The summed E-state index contributed by atoms with van der Waals surface area (Å²) in [6.45, 7) is 4.37. The van der Waals surface area contributed by atoms with Crippen molar-refractivity contribution in [2.75, 3.05) is 38.6 Å². The first-order valence-corrected chi connectivity index (χ1v) is 13.0. The van der Waals surface area contributed by atoms with Gasteiger partial charge in [0.2, 0.25) is 0 Å². The minimum atomic E-state index is -0.168. The van der Waals surface area contributed by atoms with Crippen molar-refractivity contribution < 1.29 is 14.6 Å². The quantitative estimate of drug-likeness (QED) is 0.595. The van der Waals surface area contributed by atoms with Crippen LogP contribution in [0.15, 0.2) is 36.5 Å². The minimum absolute atomic E-state index is 0.0436. The first kappa shape index (κ1) is 21.8. The number of amides is 1. The van der Waals surface area contributed by atoms with Gasteiger partial charge in [-0.25, -0.2) is 4.98 Å². The number of nitrogen functional groups attached to an aromatic ring is 1. The fourth-order valence-electron chi connectivity index (χ4n) is 7.71. The number of ether oxygens (including phenoxy) is 1. The zero-order valence-electron chi connectivity index (χ0n) is 20.1. The SMILES string of the molecule is Nc1ncc(-c2ccc(C34CC3CN(C3CCOCC3)C4)cc2)cc1C(=O)NC12CC(CO)(C1)C2. The fourth-order valence-corrected chi connectivity index (χ4v) is 7.71. The minimum Gasteiger partial charge on any atom is -0.396 e. The van der Waals surface area contributed by atoms with E-state index in [0.29, 0.717) is 17.0 Å². The Morgan fingerprint density at radius 3 is 2.63 bits per heavy atom. The van der Waals surface area contributed by atoms with Crippen LogP contribution in [0.25, 0.3) is 11.1 Å². The number of nitrogens with zero attached hydrogens (tertiary/aromatic N) is 2. The van der Waals surface area contributed by atoms with Crippen molar-refractivity contribution in [1.29, 1.82) is 0 Å². The molecule has 2 aromatic rings. The van der Waals surface area contributed by atoms with Crippen LogP contribution in [-0.2, 0) is 10.2 Å². The Hall–Kier alpha value is -2.48. The molecule has 6 fully saturated rings. The highest BCUT2D eigenvalue weighted by molar-refractivity contribution is 6.00. The van der Waals surface area contributed by atoms with Crippen LogP contribution in [0.2, 0.25) is 0 Å². The molecule has 2 unspecified atom stereocenters. The van der Waals surface area contributed by atoms with E-state index in [1.807, 2.05) is 6.07 Å². The summed E-state index contributed by atoms with van der Waals surface area (Å²) in [4.78, 5) is 20.0. The van der Waals surface area contributed by atoms with E-state index in [0.717, 1.165) is 68.9 Å². The van der Waals surface area contributed by atoms with Crippen LogP contribution in [0.4, 0.5) is 5.82 Å². The Balaban J connectivity index is 1.06. The Morgan fingerprint density at radius 2 is 1.91 bits per heavy atom. The van der Waals surface area contributed by atoms with Gasteiger partial charge < -0.3 is 20.9 Å². The summed E-state index contributed by atoms with van der Waals surface area (Å²) >= 11 is 0. The summed E-state index contributed by atoms with van der Waals surface area (Å²) < 4.78 is 5.56. The van der Waals surface area contributed by atoms with E-state index >= 15 is 0 Å². The lowest BCUT2D eigenvalue weighted by molar-refractivity contribution is -0.172. The highest BCUT2D eigenvalue weighted by Crippen LogP contribution is 2.67. The lowest BCUT2D eigenvalue weighted by Crippen LogP contribution is -2.75. The van der Waals surface area contributed by atoms with Gasteiger partial charge in [0.25, 0.3) is 5.91 Å². The monoisotopic (exact) mass is 474 g/mol. The normalized spacial score (nSPS) is 35.6. The van der Waals surface area contributed by atoms with E-state index in [-0.39, 0.29) is 29.3 Å². The van der Waals surface area contributed by atoms with Gasteiger partial charge in [-0.15, -0.1) is 0 Å². The Kier molecular flexibility index (Phi) is 4.67. The van der Waals surface area contributed by atoms with E-state index < -0.39 is 0 Å². The smallest absolute Gasteiger partial charge is 0.255 e. The summed E-state index contributed by atoms with van der Waals surface area (Å²) in [5.41, 5.74) is 10.1. The van der Waals surface area contributed by atoms with Crippen molar-refractivity contribution in [2.45, 2.75) is 55.5 Å². The number of nitrogens with one attached hydrogen (secondary N) is 1. The molecular weight excluding hydrogens is 440 g/mol. The molecule has 1 aromatic carbocycles. The number of anilines is 1. The van der Waals surface area contributed by atoms with Gasteiger partial charge in [-0.3, -0.25) is 9.69 Å². The number of aliphatic hydroxyl groups is 1. The van der Waals surface area contributed by atoms with Gasteiger partial charge >= 0.3 is 0 Å². The maximum Gasteiger partial charge on any atom is 0.255 e. The van der Waals surface area contributed by atoms with Crippen molar-refractivity contribution in [1.82, 2.24) is 15.2 Å². The Labute approximate surface area is 206 Å². The average Bonchev–Trinajstić information content (AvgIpc) is 3.41. The van der Waals surface area contributed by atoms with Gasteiger partial charge in [0, 0.05) is 67.1 Å². The average molecular weight is 475 g/mol. The van der Waals surface area contributed by atoms with Gasteiger partial charge in [0.15, 0.2) is 0 Å². The number of pyridine rings is 1. The summed E-state index contributed by atoms with van der Waals surface area (Å²) in [7, 11) is 0. The summed E-state index contributed by atoms with van der Waals surface area (Å²) in [6, 6.07) is 11.4. The number of piperidine rings is 1. The number of aliphatic hydroxyl groups excluding tert-OH is 1. The summed E-state index contributed by atoms with van der Waals surface area (Å²) in [6.07, 6.45) is 7.92. The maximum atomic E-state index is 13.0. The number of carbonyl (C=O) groups excluding carboxylic acids is 1. The van der Waals surface area contributed by atoms with E-state index in [4.69, 9.17) is 10.5 Å². The molecular formula is C28H34N4O3. The van der Waals surface area contributed by atoms with Crippen molar-refractivity contribution >= 4 is 11.7 Å². The zero-order valence-corrected chi connectivity index (χ0v) is 20.1. The molecule has 8 rings (SSSR count). The molecule has 4 aliphatic carbocycles. The molecule has 1 amide bonds. The third kappa shape index (κ3) is 3.35. The molecule has 2 atom stereocenters. The van der Waals surface area contributed by atoms with E-state index in [1.165, 1.54) is 18.5 Å². The number of aromatic nitrogens is 1. The Bertz CT molecular complexity index is 1160. The molecule has 7 nitrogen and oxygen atoms in total. The number of benzene rings is 1. The third-order valence-corrected chi connectivity index (χ3v) is 9.69. The fraction of sp³-hybridized carbons (Fsp3) is 0.571. The maximum absolute atomic E-state index is 13.0. The number of likely N-dealkylation sites (tertiary alicyclic amines) is 1. The lowest BCUT2D eigenvalue weighted by atomic mass is 9.39. The predicted octanol–water partition coefficient (Wildman–Crippen LogP) is 2.73. The molecule has 7 heteroatoms. The standard InChI is InChI=1S/C28H34N4O3/c29-24-23(25(34)31-27-13-26(14-27,15-27)17-33)9-19(11-30-24)18-1-3-20(4-2-18)28-10-21(28)12-32(16-28)22-5-7-35-8-6-22/h1-4,9,11,21-22,33H,5-8,10,12-17H2,(H2,29,30)(H,31,34). The third-order valence-electron chi connectivity index (χ3n) is 9.69. The van der Waals surface area contributed by atoms with Gasteiger partial charge in [0.1, 0.15) is 5.82 Å². The first-order valence-electron chi connectivity index (χ1n) is 13.0. The Morgan fingerprint density at radius 1 is 1.17 bits per heavy atom. The number of hydrogen-bond acceptors (Lipinski definition) is 6. The summed E-state index contributed by atoms with van der Waals surface area (Å²) in [5, 5.41) is 12.6. The molecule has 2 saturated heterocycles. The largest absolute Gasteiger partial charge is 0.396 e. The number of hydrogen-bond donors (Lipinski definition) is 3. The van der Waals surface area contributed by atoms with Crippen molar-refractivity contribution in [3.05, 3.63) is 47.7 Å². The second kappa shape index (κ2) is 7.51. The van der Waals surface area contributed by atoms with Crippen LogP contribution in [0.1, 0.15) is 54.4 Å². The van der Waals surface area contributed by atoms with Gasteiger partial charge in [-0.05, 0) is 61.6 Å². The molecule has 0 radical (unpaired) electrons. The van der Waals surface area contributed by atoms with E-state index in [2.05, 4.69) is 39.5 Å². The number of carbonyl (C=O) groups is 1. The second-order valence-corrected chi connectivity index (χ2v) is 12.0. The second-order valence-electron chi connectivity index (χ2n) is 12.0. The highest BCUT2D eigenvalue weighted by atomic mass is 16.5. The predicted molar refractivity (Wildman–Crippen MR) is 133 cm³/mol. The lowest BCUT2D eigenvalue weighted by Gasteiger charge is -2.70. The molecule has 6 aliphatic rings. The molecule has 35 heavy (non-hydrogen) atoms. The molecule has 2 bridgehead atoms. The molecule has 184 valence electrons. The van der Waals surface area contributed by atoms with Crippen LogP contribution in [0, 0.1) is 11.3 Å². The van der Waals surface area contributed by atoms with Crippen LogP contribution >= 0.6 is 0 Å². The number of nitrogens with two attached hydrogens (primary N) is 1. The van der Waals surface area contributed by atoms with Crippen LogP contribution in [0.3, 0.4) is 0 Å². The highest BCUT2D eigenvalue weighted by Gasteiger charge is 2.68. The molecule has 4 saturated carbocycles. The van der Waals surface area contributed by atoms with Crippen LogP contribution in [0.5, 0.6) is 0 Å². The zero-order chi connectivity index (χ0) is 23.8. The first-order chi connectivity index (χ1) is 16.9. The number of fused-ring (bicyclic) bond motifs is 1. The van der Waals surface area contributed by atoms with E-state index in [1.54, 1.807) is 6.20 Å². The molecule has 3 heterocycles. The topological polar surface area (TPSA) is 101 Å². The van der Waals surface area contributed by atoms with Crippen molar-refractivity contribution in [3.8, 4) is 11.1 Å². The summed E-state index contributed by atoms with van der Waals surface area (Å²) in [5.74, 6) is 0.857. The molecule has 1 aromatic heterocycles. The van der Waals surface area contributed by atoms with Crippen LogP contribution in [-0.4, -0.2) is 65.4 Å². The van der Waals surface area contributed by atoms with Gasteiger partial charge in [0.05, 0.1) is 5.56 Å². The van der Waals surface area contributed by atoms with Crippen LogP contribution < -0.4 is 11.1 Å². The van der Waals surface area contributed by atoms with Crippen molar-refractivity contribution in [3.63, 3.8) is 0 Å². The van der Waals surface area contributed by atoms with Crippen molar-refractivity contribution in [2.24, 2.45) is 11.3 Å². The van der Waals surface area contributed by atoms with Gasteiger partial charge in [-0.2, -0.15) is 0 Å². The molecule has 4 N–H and O–H groups in total. The molecule has 0 spiro atoms.